The quantitative estimate of drug-likeness (QED) is 0.627. The molecule has 1 aromatic rings. The summed E-state index contributed by atoms with van der Waals surface area (Å²) in [5.41, 5.74) is 2.96. The third-order valence-electron chi connectivity index (χ3n) is 2.79. The lowest BCUT2D eigenvalue weighted by atomic mass is 9.97. The first-order valence-electron chi connectivity index (χ1n) is 4.79. The molecule has 3 heteroatoms. The SMILES string of the molecule is CC1CCc2cc(C#N)ccc2N1N. The van der Waals surface area contributed by atoms with Gasteiger partial charge >= 0.3 is 0 Å². The Morgan fingerprint density at radius 2 is 2.36 bits per heavy atom. The summed E-state index contributed by atoms with van der Waals surface area (Å²) in [6.45, 7) is 2.11. The van der Waals surface area contributed by atoms with E-state index >= 15 is 0 Å². The van der Waals surface area contributed by atoms with Crippen molar-refractivity contribution in [2.24, 2.45) is 5.84 Å². The molecule has 1 atom stereocenters. The molecule has 0 amide bonds. The molecule has 1 heterocycles. The van der Waals surface area contributed by atoms with Gasteiger partial charge in [0.05, 0.1) is 17.3 Å². The standard InChI is InChI=1S/C11H13N3/c1-8-2-4-10-6-9(7-12)3-5-11(10)14(8)13/h3,5-6,8H,2,4,13H2,1H3. The number of aryl methyl sites for hydroxylation is 1. The minimum Gasteiger partial charge on any atom is -0.308 e. The van der Waals surface area contributed by atoms with Gasteiger partial charge in [0.1, 0.15) is 0 Å². The molecule has 1 unspecified atom stereocenters. The van der Waals surface area contributed by atoms with E-state index < -0.39 is 0 Å². The summed E-state index contributed by atoms with van der Waals surface area (Å²) in [5.74, 6) is 5.93. The van der Waals surface area contributed by atoms with E-state index in [4.69, 9.17) is 11.1 Å². The van der Waals surface area contributed by atoms with Crippen LogP contribution < -0.4 is 10.9 Å². The van der Waals surface area contributed by atoms with Crippen molar-refractivity contribution in [1.29, 1.82) is 5.26 Å². The van der Waals surface area contributed by atoms with Gasteiger partial charge < -0.3 is 5.01 Å². The zero-order valence-corrected chi connectivity index (χ0v) is 8.20. The zero-order chi connectivity index (χ0) is 10.1. The predicted molar refractivity (Wildman–Crippen MR) is 55.6 cm³/mol. The molecular formula is C11H13N3. The molecule has 2 rings (SSSR count). The van der Waals surface area contributed by atoms with Crippen LogP contribution in [-0.2, 0) is 6.42 Å². The van der Waals surface area contributed by atoms with E-state index in [0.29, 0.717) is 11.6 Å². The lowest BCUT2D eigenvalue weighted by Crippen LogP contribution is -2.42. The Balaban J connectivity index is 2.45. The average Bonchev–Trinajstić information content (AvgIpc) is 2.23. The number of nitrogens with zero attached hydrogens (tertiary/aromatic N) is 2. The highest BCUT2D eigenvalue weighted by Crippen LogP contribution is 2.28. The number of hydrazine groups is 1. The minimum atomic E-state index is 0.385. The fraction of sp³-hybridized carbons (Fsp3) is 0.364. The lowest BCUT2D eigenvalue weighted by Gasteiger charge is -2.32. The largest absolute Gasteiger partial charge is 0.308 e. The molecule has 72 valence electrons. The maximum Gasteiger partial charge on any atom is 0.0991 e. The van der Waals surface area contributed by atoms with Gasteiger partial charge in [0, 0.05) is 6.04 Å². The summed E-state index contributed by atoms with van der Waals surface area (Å²) in [4.78, 5) is 0. The Kier molecular flexibility index (Phi) is 2.14. The number of benzene rings is 1. The third kappa shape index (κ3) is 1.34. The summed E-state index contributed by atoms with van der Waals surface area (Å²) in [6.07, 6.45) is 2.07. The number of nitrogens with two attached hydrogens (primary N) is 1. The highest BCUT2D eigenvalue weighted by Gasteiger charge is 2.20. The fourth-order valence-electron chi connectivity index (χ4n) is 1.85. The Hall–Kier alpha value is -1.53. The summed E-state index contributed by atoms with van der Waals surface area (Å²) < 4.78 is 0. The molecule has 0 saturated heterocycles. The molecule has 0 radical (unpaired) electrons. The van der Waals surface area contributed by atoms with Crippen LogP contribution in [-0.4, -0.2) is 6.04 Å². The highest BCUT2D eigenvalue weighted by molar-refractivity contribution is 5.57. The highest BCUT2D eigenvalue weighted by atomic mass is 15.4. The Bertz CT molecular complexity index is 392. The number of hydrogen-bond donors (Lipinski definition) is 1. The maximum atomic E-state index is 8.76. The van der Waals surface area contributed by atoms with Crippen LogP contribution in [0.5, 0.6) is 0 Å². The van der Waals surface area contributed by atoms with Crippen LogP contribution in [0.2, 0.25) is 0 Å². The summed E-state index contributed by atoms with van der Waals surface area (Å²) in [7, 11) is 0. The van der Waals surface area contributed by atoms with E-state index in [1.165, 1.54) is 5.56 Å². The molecule has 1 aromatic carbocycles. The van der Waals surface area contributed by atoms with Gasteiger partial charge in [0.25, 0.3) is 0 Å². The van der Waals surface area contributed by atoms with Gasteiger partial charge in [0.15, 0.2) is 0 Å². The Morgan fingerprint density at radius 1 is 1.57 bits per heavy atom. The summed E-state index contributed by atoms with van der Waals surface area (Å²) in [5, 5.41) is 10.6. The maximum absolute atomic E-state index is 8.76. The van der Waals surface area contributed by atoms with Crippen molar-refractivity contribution in [1.82, 2.24) is 0 Å². The molecule has 1 aliphatic rings. The molecule has 0 saturated carbocycles. The van der Waals surface area contributed by atoms with Gasteiger partial charge in [-0.25, -0.2) is 5.84 Å². The topological polar surface area (TPSA) is 53.0 Å². The number of rotatable bonds is 0. The molecular weight excluding hydrogens is 174 g/mol. The molecule has 3 nitrogen and oxygen atoms in total. The van der Waals surface area contributed by atoms with Crippen molar-refractivity contribution in [2.45, 2.75) is 25.8 Å². The molecule has 0 bridgehead atoms. The predicted octanol–water partition coefficient (Wildman–Crippen LogP) is 1.57. The Labute approximate surface area is 83.7 Å². The second-order valence-corrected chi connectivity index (χ2v) is 3.75. The van der Waals surface area contributed by atoms with E-state index in [9.17, 15) is 0 Å². The molecule has 0 spiro atoms. The smallest absolute Gasteiger partial charge is 0.0991 e. The zero-order valence-electron chi connectivity index (χ0n) is 8.20. The monoisotopic (exact) mass is 187 g/mol. The molecule has 1 aliphatic heterocycles. The fourth-order valence-corrected chi connectivity index (χ4v) is 1.85. The van der Waals surface area contributed by atoms with Gasteiger partial charge in [-0.05, 0) is 43.5 Å². The Morgan fingerprint density at radius 3 is 3.07 bits per heavy atom. The van der Waals surface area contributed by atoms with Gasteiger partial charge in [-0.3, -0.25) is 0 Å². The van der Waals surface area contributed by atoms with Crippen molar-refractivity contribution in [3.05, 3.63) is 29.3 Å². The van der Waals surface area contributed by atoms with Crippen molar-refractivity contribution in [2.75, 3.05) is 5.01 Å². The first-order valence-corrected chi connectivity index (χ1v) is 4.79. The van der Waals surface area contributed by atoms with E-state index in [0.717, 1.165) is 18.5 Å². The molecule has 0 aromatic heterocycles. The van der Waals surface area contributed by atoms with Crippen LogP contribution in [0.3, 0.4) is 0 Å². The number of fused-ring (bicyclic) bond motifs is 1. The molecule has 2 N–H and O–H groups in total. The van der Waals surface area contributed by atoms with Crippen LogP contribution >= 0.6 is 0 Å². The average molecular weight is 187 g/mol. The molecule has 0 fully saturated rings. The van der Waals surface area contributed by atoms with E-state index in [1.54, 1.807) is 5.01 Å². The van der Waals surface area contributed by atoms with Crippen molar-refractivity contribution >= 4 is 5.69 Å². The number of nitriles is 1. The minimum absolute atomic E-state index is 0.385. The lowest BCUT2D eigenvalue weighted by molar-refractivity contribution is 0.574. The van der Waals surface area contributed by atoms with E-state index in [1.807, 2.05) is 18.2 Å². The van der Waals surface area contributed by atoms with Crippen molar-refractivity contribution < 1.29 is 0 Å². The first-order chi connectivity index (χ1) is 6.72. The third-order valence-corrected chi connectivity index (χ3v) is 2.79. The van der Waals surface area contributed by atoms with Gasteiger partial charge in [-0.15, -0.1) is 0 Å². The summed E-state index contributed by atoms with van der Waals surface area (Å²) >= 11 is 0. The molecule has 14 heavy (non-hydrogen) atoms. The van der Waals surface area contributed by atoms with E-state index in [-0.39, 0.29) is 0 Å². The van der Waals surface area contributed by atoms with Gasteiger partial charge in [-0.2, -0.15) is 5.26 Å². The van der Waals surface area contributed by atoms with Crippen molar-refractivity contribution in [3.8, 4) is 6.07 Å². The number of anilines is 1. The second-order valence-electron chi connectivity index (χ2n) is 3.75. The van der Waals surface area contributed by atoms with Crippen molar-refractivity contribution in [3.63, 3.8) is 0 Å². The van der Waals surface area contributed by atoms with Crippen LogP contribution in [0.4, 0.5) is 5.69 Å². The first kappa shape index (κ1) is 9.04. The van der Waals surface area contributed by atoms with Crippen LogP contribution in [0, 0.1) is 11.3 Å². The van der Waals surface area contributed by atoms with Gasteiger partial charge in [0.2, 0.25) is 0 Å². The normalized spacial score (nSPS) is 20.1. The van der Waals surface area contributed by atoms with Gasteiger partial charge in [-0.1, -0.05) is 0 Å². The van der Waals surface area contributed by atoms with Crippen LogP contribution in [0.25, 0.3) is 0 Å². The molecule has 0 aliphatic carbocycles. The van der Waals surface area contributed by atoms with E-state index in [2.05, 4.69) is 13.0 Å². The second kappa shape index (κ2) is 3.32. The van der Waals surface area contributed by atoms with Crippen LogP contribution in [0.15, 0.2) is 18.2 Å². The van der Waals surface area contributed by atoms with Crippen LogP contribution in [0.1, 0.15) is 24.5 Å². The summed E-state index contributed by atoms with van der Waals surface area (Å²) in [6, 6.07) is 8.21. The number of hydrogen-bond acceptors (Lipinski definition) is 3.